The minimum Gasteiger partial charge on any atom is -0.489 e. The van der Waals surface area contributed by atoms with Crippen molar-refractivity contribution in [2.24, 2.45) is 0 Å². The number of halogens is 1. The minimum atomic E-state index is -1.39. The van der Waals surface area contributed by atoms with E-state index in [1.807, 2.05) is 66.4 Å². The first-order valence-electron chi connectivity index (χ1n) is 11.1. The number of ether oxygens (including phenoxy) is 1. The molecule has 3 aromatic carbocycles. The number of nitrogens with one attached hydrogen (secondary N) is 1. The zero-order valence-electron chi connectivity index (χ0n) is 18.8. The third-order valence-corrected chi connectivity index (χ3v) is 7.42. The van der Waals surface area contributed by atoms with Crippen LogP contribution in [0.1, 0.15) is 28.2 Å². The van der Waals surface area contributed by atoms with Gasteiger partial charge in [0.1, 0.15) is 12.4 Å². The van der Waals surface area contributed by atoms with Crippen LogP contribution in [0.15, 0.2) is 71.2 Å². The van der Waals surface area contributed by atoms with Gasteiger partial charge in [-0.3, -0.25) is 19.8 Å². The summed E-state index contributed by atoms with van der Waals surface area (Å²) in [6.07, 6.45) is 0. The van der Waals surface area contributed by atoms with Gasteiger partial charge in [-0.05, 0) is 43.8 Å². The maximum atomic E-state index is 13.3. The number of likely N-dealkylation sites (N-methyl/N-ethyl adjacent to an activating group) is 1. The normalized spacial score (nSPS) is 23.7. The maximum absolute atomic E-state index is 13.3. The molecule has 8 heteroatoms. The molecule has 2 aliphatic rings. The molecule has 3 aromatic rings. The number of benzene rings is 3. The molecule has 1 N–H and O–H groups in total. The highest BCUT2D eigenvalue weighted by atomic mass is 79.9. The summed E-state index contributed by atoms with van der Waals surface area (Å²) in [7, 11) is 1.78. The van der Waals surface area contributed by atoms with Crippen LogP contribution in [-0.2, 0) is 16.9 Å². The van der Waals surface area contributed by atoms with Crippen molar-refractivity contribution in [2.45, 2.75) is 31.0 Å². The number of rotatable bonds is 5. The fraction of sp³-hybridized carbons (Fsp3) is 0.269. The Balaban J connectivity index is 1.56. The standard InChI is InChI=1S/C26H24BrN3O4/c1-16-7-9-17(10-8-16)15-34-23-12-11-18(27)13-19(23)20-14-29(2)26(24(20)30(32)33)21-5-3-4-6-22(21)28-25(26)31/h3-13,20,24H,14-15H2,1-2H3,(H,28,31)/t20-,24+,26-/m0/s1. The van der Waals surface area contributed by atoms with Crippen LogP contribution in [0, 0.1) is 17.0 Å². The Hall–Kier alpha value is -3.23. The van der Waals surface area contributed by atoms with Crippen LogP contribution in [0.3, 0.4) is 0 Å². The van der Waals surface area contributed by atoms with Crippen molar-refractivity contribution in [3.63, 3.8) is 0 Å². The molecule has 1 amide bonds. The number of likely N-dealkylation sites (tertiary alicyclic amines) is 1. The molecular weight excluding hydrogens is 498 g/mol. The van der Waals surface area contributed by atoms with Gasteiger partial charge >= 0.3 is 0 Å². The van der Waals surface area contributed by atoms with E-state index < -0.39 is 17.5 Å². The lowest BCUT2D eigenvalue weighted by atomic mass is 9.79. The summed E-state index contributed by atoms with van der Waals surface area (Å²) >= 11 is 3.51. The summed E-state index contributed by atoms with van der Waals surface area (Å²) in [5, 5.41) is 15.5. The van der Waals surface area contributed by atoms with Crippen molar-refractivity contribution >= 4 is 27.5 Å². The van der Waals surface area contributed by atoms with Gasteiger partial charge in [0.25, 0.3) is 11.9 Å². The molecule has 7 nitrogen and oxygen atoms in total. The zero-order chi connectivity index (χ0) is 24.0. The molecule has 1 fully saturated rings. The summed E-state index contributed by atoms with van der Waals surface area (Å²) in [6, 6.07) is 19.7. The molecule has 0 radical (unpaired) electrons. The van der Waals surface area contributed by atoms with Crippen LogP contribution in [0.2, 0.25) is 0 Å². The number of nitro groups is 1. The number of aryl methyl sites for hydroxylation is 1. The summed E-state index contributed by atoms with van der Waals surface area (Å²) < 4.78 is 6.98. The predicted octanol–water partition coefficient (Wildman–Crippen LogP) is 4.86. The van der Waals surface area contributed by atoms with Crippen molar-refractivity contribution in [1.82, 2.24) is 4.90 Å². The van der Waals surface area contributed by atoms with Crippen LogP contribution in [0.5, 0.6) is 5.75 Å². The van der Waals surface area contributed by atoms with Crippen LogP contribution in [0.4, 0.5) is 5.69 Å². The Bertz CT molecular complexity index is 1280. The van der Waals surface area contributed by atoms with E-state index in [0.717, 1.165) is 15.6 Å². The highest BCUT2D eigenvalue weighted by Gasteiger charge is 2.68. The number of para-hydroxylation sites is 1. The number of hydrogen-bond donors (Lipinski definition) is 1. The molecule has 2 aliphatic heterocycles. The van der Waals surface area contributed by atoms with E-state index in [0.29, 0.717) is 35.7 Å². The number of amides is 1. The molecule has 2 heterocycles. The van der Waals surface area contributed by atoms with E-state index in [2.05, 4.69) is 21.2 Å². The largest absolute Gasteiger partial charge is 0.489 e. The second-order valence-corrected chi connectivity index (χ2v) is 9.86. The van der Waals surface area contributed by atoms with Gasteiger partial charge in [-0.25, -0.2) is 0 Å². The lowest BCUT2D eigenvalue weighted by Crippen LogP contribution is -2.54. The van der Waals surface area contributed by atoms with E-state index in [1.165, 1.54) is 0 Å². The van der Waals surface area contributed by atoms with E-state index in [9.17, 15) is 14.9 Å². The van der Waals surface area contributed by atoms with Crippen molar-refractivity contribution in [3.05, 3.63) is 104 Å². The summed E-state index contributed by atoms with van der Waals surface area (Å²) in [5.41, 5.74) is 2.76. The second kappa shape index (κ2) is 8.52. The molecule has 5 rings (SSSR count). The highest BCUT2D eigenvalue weighted by Crippen LogP contribution is 2.53. The summed E-state index contributed by atoms with van der Waals surface area (Å²) in [4.78, 5) is 27.5. The van der Waals surface area contributed by atoms with Crippen molar-refractivity contribution in [3.8, 4) is 5.75 Å². The van der Waals surface area contributed by atoms with E-state index in [4.69, 9.17) is 4.74 Å². The Kier molecular flexibility index (Phi) is 5.65. The van der Waals surface area contributed by atoms with E-state index in [1.54, 1.807) is 19.2 Å². The minimum absolute atomic E-state index is 0.305. The highest BCUT2D eigenvalue weighted by molar-refractivity contribution is 9.10. The molecule has 3 atom stereocenters. The SMILES string of the molecule is Cc1ccc(COc2ccc(Br)cc2[C@@H]2CN(C)[C@]3(C(=O)Nc4ccccc43)[C@@H]2[N+](=O)[O-])cc1. The topological polar surface area (TPSA) is 84.7 Å². The average Bonchev–Trinajstić information content (AvgIpc) is 3.29. The maximum Gasteiger partial charge on any atom is 0.256 e. The smallest absolute Gasteiger partial charge is 0.256 e. The predicted molar refractivity (Wildman–Crippen MR) is 133 cm³/mol. The Morgan fingerprint density at radius 1 is 1.18 bits per heavy atom. The van der Waals surface area contributed by atoms with Gasteiger partial charge in [0.15, 0.2) is 5.54 Å². The lowest BCUT2D eigenvalue weighted by Gasteiger charge is -2.30. The third-order valence-electron chi connectivity index (χ3n) is 6.93. The third kappa shape index (κ3) is 3.49. The zero-order valence-corrected chi connectivity index (χ0v) is 20.4. The van der Waals surface area contributed by atoms with Crippen LogP contribution >= 0.6 is 15.9 Å². The fourth-order valence-electron chi connectivity index (χ4n) is 5.35. The van der Waals surface area contributed by atoms with E-state index >= 15 is 0 Å². The van der Waals surface area contributed by atoms with Gasteiger partial charge in [0, 0.05) is 32.8 Å². The van der Waals surface area contributed by atoms with E-state index in [-0.39, 0.29) is 10.8 Å². The molecule has 34 heavy (non-hydrogen) atoms. The monoisotopic (exact) mass is 521 g/mol. The average molecular weight is 522 g/mol. The molecule has 0 saturated carbocycles. The Morgan fingerprint density at radius 3 is 2.65 bits per heavy atom. The second-order valence-electron chi connectivity index (χ2n) is 8.94. The molecule has 0 unspecified atom stereocenters. The molecule has 1 saturated heterocycles. The number of hydrogen-bond acceptors (Lipinski definition) is 5. The number of fused-ring (bicyclic) bond motifs is 2. The lowest BCUT2D eigenvalue weighted by molar-refractivity contribution is -0.534. The van der Waals surface area contributed by atoms with Crippen LogP contribution < -0.4 is 10.1 Å². The molecule has 174 valence electrons. The number of carbonyl (C=O) groups excluding carboxylic acids is 1. The quantitative estimate of drug-likeness (QED) is 0.382. The number of carbonyl (C=O) groups is 1. The number of anilines is 1. The Labute approximate surface area is 206 Å². The van der Waals surface area contributed by atoms with Gasteiger partial charge in [-0.1, -0.05) is 64.0 Å². The first kappa shape index (κ1) is 22.6. The van der Waals surface area contributed by atoms with Crippen LogP contribution in [0.25, 0.3) is 0 Å². The molecule has 0 aliphatic carbocycles. The van der Waals surface area contributed by atoms with Gasteiger partial charge in [-0.15, -0.1) is 0 Å². The molecule has 0 aromatic heterocycles. The van der Waals surface area contributed by atoms with Crippen molar-refractivity contribution in [1.29, 1.82) is 0 Å². The Morgan fingerprint density at radius 2 is 1.91 bits per heavy atom. The summed E-state index contributed by atoms with van der Waals surface area (Å²) in [5.74, 6) is -0.335. The first-order chi connectivity index (χ1) is 16.3. The van der Waals surface area contributed by atoms with Gasteiger partial charge in [-0.2, -0.15) is 0 Å². The summed E-state index contributed by atoms with van der Waals surface area (Å²) in [6.45, 7) is 2.71. The van der Waals surface area contributed by atoms with Crippen molar-refractivity contribution < 1.29 is 14.5 Å². The molecular formula is C26H24BrN3O4. The molecule has 1 spiro atoms. The fourth-order valence-corrected chi connectivity index (χ4v) is 5.73. The van der Waals surface area contributed by atoms with Gasteiger partial charge in [0.05, 0.1) is 5.92 Å². The van der Waals surface area contributed by atoms with Crippen molar-refractivity contribution in [2.75, 3.05) is 18.9 Å². The molecule has 0 bridgehead atoms. The first-order valence-corrected chi connectivity index (χ1v) is 11.8. The van der Waals surface area contributed by atoms with Gasteiger partial charge in [0.2, 0.25) is 0 Å². The van der Waals surface area contributed by atoms with Crippen LogP contribution in [-0.4, -0.2) is 35.4 Å². The number of nitrogens with zero attached hydrogens (tertiary/aromatic N) is 2. The van der Waals surface area contributed by atoms with Gasteiger partial charge < -0.3 is 10.1 Å².